The molecule has 1 rings (SSSR count). The summed E-state index contributed by atoms with van der Waals surface area (Å²) in [6, 6.07) is 0. The third kappa shape index (κ3) is 17.5. The fourth-order valence-corrected chi connectivity index (χ4v) is 5.10. The summed E-state index contributed by atoms with van der Waals surface area (Å²) in [4.78, 5) is 0. The normalized spacial score (nSPS) is 12.1. The predicted molar refractivity (Wildman–Crippen MR) is 123 cm³/mol. The van der Waals surface area contributed by atoms with Gasteiger partial charge in [-0.1, -0.05) is 102 Å². The van der Waals surface area contributed by atoms with Gasteiger partial charge in [0.1, 0.15) is 6.10 Å². The van der Waals surface area contributed by atoms with Crippen LogP contribution >= 0.6 is 23.1 Å². The van der Waals surface area contributed by atoms with Crippen LogP contribution in [0.2, 0.25) is 0 Å². The maximum atomic E-state index is 5.61. The van der Waals surface area contributed by atoms with Gasteiger partial charge in [0, 0.05) is 12.9 Å². The zero-order chi connectivity index (χ0) is 19.4. The molecule has 0 aliphatic carbocycles. The lowest BCUT2D eigenvalue weighted by Crippen LogP contribution is -3.00. The Morgan fingerprint density at radius 3 is 1.86 bits per heavy atom. The molecule has 0 radical (unpaired) electrons. The molecule has 166 valence electrons. The number of aromatic nitrogens is 1. The van der Waals surface area contributed by atoms with Crippen molar-refractivity contribution in [3.63, 3.8) is 0 Å². The van der Waals surface area contributed by atoms with Gasteiger partial charge in [0.15, 0.2) is 12.7 Å². The number of halogens is 1. The van der Waals surface area contributed by atoms with E-state index in [1.807, 2.05) is 7.11 Å². The van der Waals surface area contributed by atoms with Crippen LogP contribution < -0.4 is 28.5 Å². The van der Waals surface area contributed by atoms with Gasteiger partial charge in [-0.15, -0.1) is 0 Å². The number of hydrogen-bond donors (Lipinski definition) is 0. The van der Waals surface area contributed by atoms with Gasteiger partial charge in [-0.3, -0.25) is 0 Å². The summed E-state index contributed by atoms with van der Waals surface area (Å²) in [6.07, 6.45) is 22.6. The van der Waals surface area contributed by atoms with Crippen LogP contribution in [0.15, 0.2) is 17.1 Å². The molecule has 0 saturated carbocycles. The minimum Gasteiger partial charge on any atom is -1.00 e. The largest absolute Gasteiger partial charge is 1.00 e. The Labute approximate surface area is 200 Å². The number of rotatable bonds is 20. The van der Waals surface area contributed by atoms with Gasteiger partial charge in [0.25, 0.3) is 0 Å². The van der Waals surface area contributed by atoms with Crippen molar-refractivity contribution in [2.45, 2.75) is 109 Å². The molecule has 1 aromatic rings. The SMILES string of the molecule is CCCCCCCCCCCCCCCCSCC(C[n+]1ccsc1)OC.[I-]. The molecular weight excluding hydrogens is 497 g/mol. The predicted octanol–water partition coefficient (Wildman–Crippen LogP) is 4.27. The number of methoxy groups -OCH3 is 1. The lowest BCUT2D eigenvalue weighted by atomic mass is 10.0. The summed E-state index contributed by atoms with van der Waals surface area (Å²) in [7, 11) is 1.84. The summed E-state index contributed by atoms with van der Waals surface area (Å²) in [6.45, 7) is 3.27. The van der Waals surface area contributed by atoms with Gasteiger partial charge in [-0.05, 0) is 12.2 Å². The molecule has 0 N–H and O–H groups in total. The van der Waals surface area contributed by atoms with E-state index in [1.54, 1.807) is 11.3 Å². The Balaban J connectivity index is 0.00000729. The summed E-state index contributed by atoms with van der Waals surface area (Å²) in [5.74, 6) is 2.39. The van der Waals surface area contributed by atoms with Crippen molar-refractivity contribution in [1.29, 1.82) is 0 Å². The van der Waals surface area contributed by atoms with Crippen LogP contribution in [0.3, 0.4) is 0 Å². The van der Waals surface area contributed by atoms with Crippen LogP contribution in [0.1, 0.15) is 96.8 Å². The summed E-state index contributed by atoms with van der Waals surface area (Å²) >= 11 is 3.80. The maximum absolute atomic E-state index is 5.61. The Hall–Kier alpha value is 0.670. The standard InChI is InChI=1S/C23H44NOS2.HI/c1-3-4-5-6-7-8-9-10-11-12-13-14-15-16-18-26-21-23(25-2)20-24-17-19-27-22-24;/h17,19,22-23H,3-16,18,20-21H2,1-2H3;1H/q+1;/p-1. The van der Waals surface area contributed by atoms with E-state index in [0.717, 1.165) is 12.3 Å². The van der Waals surface area contributed by atoms with Crippen LogP contribution in [0.4, 0.5) is 0 Å². The number of unbranched alkanes of at least 4 members (excludes halogenated alkanes) is 13. The molecule has 5 heteroatoms. The quantitative estimate of drug-likeness (QED) is 0.139. The van der Waals surface area contributed by atoms with Crippen molar-refractivity contribution in [2.75, 3.05) is 18.6 Å². The first kappa shape index (κ1) is 28.7. The van der Waals surface area contributed by atoms with Crippen LogP contribution in [0.5, 0.6) is 0 Å². The second-order valence-corrected chi connectivity index (χ2v) is 9.66. The van der Waals surface area contributed by atoms with E-state index in [2.05, 4.69) is 40.3 Å². The molecule has 0 spiro atoms. The highest BCUT2D eigenvalue weighted by Gasteiger charge is 2.13. The van der Waals surface area contributed by atoms with E-state index in [9.17, 15) is 0 Å². The number of nitrogens with zero attached hydrogens (tertiary/aromatic N) is 1. The monoisotopic (exact) mass is 541 g/mol. The van der Waals surface area contributed by atoms with Gasteiger partial charge in [0.2, 0.25) is 5.51 Å². The molecule has 0 amide bonds. The molecule has 1 aromatic heterocycles. The molecule has 0 aliphatic rings. The second kappa shape index (κ2) is 22.4. The topological polar surface area (TPSA) is 13.1 Å². The molecular formula is C23H44INOS2. The van der Waals surface area contributed by atoms with E-state index in [4.69, 9.17) is 4.74 Å². The first-order valence-corrected chi connectivity index (χ1v) is 13.5. The lowest BCUT2D eigenvalue weighted by molar-refractivity contribution is -0.698. The van der Waals surface area contributed by atoms with Gasteiger partial charge in [-0.2, -0.15) is 16.3 Å². The van der Waals surface area contributed by atoms with Gasteiger partial charge >= 0.3 is 0 Å². The number of hydrogen-bond acceptors (Lipinski definition) is 3. The fraction of sp³-hybridized carbons (Fsp3) is 0.870. The molecule has 0 aromatic carbocycles. The smallest absolute Gasteiger partial charge is 0.224 e. The van der Waals surface area contributed by atoms with Crippen molar-refractivity contribution in [1.82, 2.24) is 0 Å². The first-order chi connectivity index (χ1) is 13.4. The van der Waals surface area contributed by atoms with Crippen molar-refractivity contribution in [3.05, 3.63) is 17.1 Å². The summed E-state index contributed by atoms with van der Waals surface area (Å²) in [5, 5.41) is 2.12. The Morgan fingerprint density at radius 2 is 1.39 bits per heavy atom. The highest BCUT2D eigenvalue weighted by Crippen LogP contribution is 2.14. The van der Waals surface area contributed by atoms with Crippen LogP contribution in [-0.4, -0.2) is 24.7 Å². The summed E-state index contributed by atoms with van der Waals surface area (Å²) in [5.41, 5.74) is 2.16. The van der Waals surface area contributed by atoms with E-state index >= 15 is 0 Å². The fourth-order valence-electron chi connectivity index (χ4n) is 3.41. The van der Waals surface area contributed by atoms with Crippen molar-refractivity contribution in [2.24, 2.45) is 0 Å². The average molecular weight is 542 g/mol. The number of ether oxygens (including phenoxy) is 1. The van der Waals surface area contributed by atoms with Crippen molar-refractivity contribution in [3.8, 4) is 0 Å². The molecule has 1 atom stereocenters. The molecule has 1 heterocycles. The van der Waals surface area contributed by atoms with Crippen LogP contribution in [-0.2, 0) is 11.3 Å². The minimum atomic E-state index is 0. The Bertz CT molecular complexity index is 403. The Morgan fingerprint density at radius 1 is 0.857 bits per heavy atom. The molecule has 0 bridgehead atoms. The van der Waals surface area contributed by atoms with Gasteiger partial charge < -0.3 is 28.7 Å². The molecule has 0 aliphatic heterocycles. The minimum absolute atomic E-state index is 0. The number of thiazole rings is 1. The molecule has 0 fully saturated rings. The Kier molecular flexibility index (Phi) is 22.9. The highest BCUT2D eigenvalue weighted by molar-refractivity contribution is 7.99. The maximum Gasteiger partial charge on any atom is 0.224 e. The van der Waals surface area contributed by atoms with E-state index in [-0.39, 0.29) is 24.0 Å². The van der Waals surface area contributed by atoms with Crippen LogP contribution in [0, 0.1) is 0 Å². The number of thioether (sulfide) groups is 1. The molecule has 2 nitrogen and oxygen atoms in total. The van der Waals surface area contributed by atoms with E-state index < -0.39 is 0 Å². The zero-order valence-corrected chi connectivity index (χ0v) is 22.2. The lowest BCUT2D eigenvalue weighted by Gasteiger charge is -2.11. The summed E-state index contributed by atoms with van der Waals surface area (Å²) < 4.78 is 7.84. The first-order valence-electron chi connectivity index (χ1n) is 11.4. The van der Waals surface area contributed by atoms with Crippen molar-refractivity contribution < 1.29 is 33.3 Å². The third-order valence-electron chi connectivity index (χ3n) is 5.22. The van der Waals surface area contributed by atoms with Gasteiger partial charge in [-0.25, -0.2) is 0 Å². The second-order valence-electron chi connectivity index (χ2n) is 7.75. The molecule has 28 heavy (non-hydrogen) atoms. The zero-order valence-electron chi connectivity index (χ0n) is 18.4. The molecule has 1 unspecified atom stereocenters. The van der Waals surface area contributed by atoms with E-state index in [1.165, 1.54) is 95.6 Å². The van der Waals surface area contributed by atoms with E-state index in [0.29, 0.717) is 6.10 Å². The van der Waals surface area contributed by atoms with Gasteiger partial charge in [0.05, 0.1) is 5.38 Å². The highest BCUT2D eigenvalue weighted by atomic mass is 127. The van der Waals surface area contributed by atoms with Crippen LogP contribution in [0.25, 0.3) is 0 Å². The van der Waals surface area contributed by atoms with Crippen molar-refractivity contribution >= 4 is 23.1 Å². The average Bonchev–Trinajstić information content (AvgIpc) is 3.19. The molecule has 0 saturated heterocycles. The third-order valence-corrected chi connectivity index (χ3v) is 7.08.